The Morgan fingerprint density at radius 2 is 1.95 bits per heavy atom. The van der Waals surface area contributed by atoms with Crippen LogP contribution in [-0.4, -0.2) is 9.78 Å². The number of nitrogens with zero attached hydrogens (tertiary/aromatic N) is 2. The monoisotopic (exact) mass is 323 g/mol. The predicted molar refractivity (Wildman–Crippen MR) is 80.3 cm³/mol. The molecule has 4 nitrogen and oxygen atoms in total. The Morgan fingerprint density at radius 1 is 1.26 bits per heavy atom. The van der Waals surface area contributed by atoms with Crippen LogP contribution in [0.5, 0.6) is 5.75 Å². The molecule has 0 radical (unpaired) electrons. The molecule has 19 heavy (non-hydrogen) atoms. The molecule has 1 heterocycles. The zero-order valence-electron chi connectivity index (χ0n) is 11.6. The summed E-state index contributed by atoms with van der Waals surface area (Å²) in [5.41, 5.74) is 10.7. The van der Waals surface area contributed by atoms with E-state index in [4.69, 9.17) is 10.5 Å². The van der Waals surface area contributed by atoms with Gasteiger partial charge in [-0.2, -0.15) is 5.10 Å². The number of ether oxygens (including phenoxy) is 1. The Morgan fingerprint density at radius 3 is 2.53 bits per heavy atom. The second-order valence-electron chi connectivity index (χ2n) is 4.73. The van der Waals surface area contributed by atoms with Crippen LogP contribution in [-0.2, 0) is 13.7 Å². The largest absolute Gasteiger partial charge is 0.487 e. The Labute approximate surface area is 121 Å². The minimum Gasteiger partial charge on any atom is -0.487 e. The first-order valence-corrected chi connectivity index (χ1v) is 6.87. The van der Waals surface area contributed by atoms with Crippen molar-refractivity contribution in [3.8, 4) is 5.75 Å². The van der Waals surface area contributed by atoms with E-state index in [0.29, 0.717) is 6.61 Å². The van der Waals surface area contributed by atoms with Crippen LogP contribution in [0.15, 0.2) is 16.6 Å². The van der Waals surface area contributed by atoms with Crippen molar-refractivity contribution < 1.29 is 4.74 Å². The second-order valence-corrected chi connectivity index (χ2v) is 5.53. The third-order valence-electron chi connectivity index (χ3n) is 3.19. The lowest BCUT2D eigenvalue weighted by Gasteiger charge is -2.12. The second kappa shape index (κ2) is 5.25. The van der Waals surface area contributed by atoms with E-state index in [0.717, 1.165) is 38.4 Å². The van der Waals surface area contributed by atoms with Crippen molar-refractivity contribution in [2.24, 2.45) is 7.05 Å². The highest BCUT2D eigenvalue weighted by molar-refractivity contribution is 9.10. The van der Waals surface area contributed by atoms with Crippen molar-refractivity contribution in [1.82, 2.24) is 9.78 Å². The summed E-state index contributed by atoms with van der Waals surface area (Å²) in [5, 5.41) is 4.35. The molecule has 0 aliphatic rings. The van der Waals surface area contributed by atoms with Crippen molar-refractivity contribution in [2.45, 2.75) is 27.4 Å². The van der Waals surface area contributed by atoms with Crippen LogP contribution in [0, 0.1) is 20.8 Å². The highest BCUT2D eigenvalue weighted by Crippen LogP contribution is 2.27. The summed E-state index contributed by atoms with van der Waals surface area (Å²) in [4.78, 5) is 0. The van der Waals surface area contributed by atoms with E-state index in [2.05, 4.69) is 21.0 Å². The van der Waals surface area contributed by atoms with Gasteiger partial charge in [0.15, 0.2) is 0 Å². The molecule has 2 rings (SSSR count). The third kappa shape index (κ3) is 2.76. The van der Waals surface area contributed by atoms with Crippen molar-refractivity contribution in [2.75, 3.05) is 5.73 Å². The van der Waals surface area contributed by atoms with Gasteiger partial charge in [0.2, 0.25) is 0 Å². The highest BCUT2D eigenvalue weighted by Gasteiger charge is 2.12. The van der Waals surface area contributed by atoms with Gasteiger partial charge in [-0.05, 0) is 60.0 Å². The summed E-state index contributed by atoms with van der Waals surface area (Å²) in [6, 6.07) is 3.91. The molecule has 0 unspecified atom stereocenters. The molecule has 2 N–H and O–H groups in total. The number of hydrogen-bond acceptors (Lipinski definition) is 3. The topological polar surface area (TPSA) is 53.1 Å². The van der Waals surface area contributed by atoms with Crippen molar-refractivity contribution >= 4 is 21.6 Å². The van der Waals surface area contributed by atoms with Gasteiger partial charge < -0.3 is 10.5 Å². The van der Waals surface area contributed by atoms with E-state index in [1.165, 1.54) is 0 Å². The highest BCUT2D eigenvalue weighted by atomic mass is 79.9. The molecule has 0 saturated carbocycles. The van der Waals surface area contributed by atoms with E-state index in [1.54, 1.807) is 0 Å². The molecule has 0 fully saturated rings. The van der Waals surface area contributed by atoms with Crippen LogP contribution >= 0.6 is 15.9 Å². The number of halogens is 1. The number of benzene rings is 1. The van der Waals surface area contributed by atoms with E-state index < -0.39 is 0 Å². The van der Waals surface area contributed by atoms with Gasteiger partial charge in [-0.15, -0.1) is 0 Å². The Balaban J connectivity index is 2.21. The maximum atomic E-state index is 5.89. The fraction of sp³-hybridized carbons (Fsp3) is 0.357. The molecule has 102 valence electrons. The van der Waals surface area contributed by atoms with Gasteiger partial charge in [0.05, 0.1) is 15.9 Å². The van der Waals surface area contributed by atoms with Crippen molar-refractivity contribution in [3.05, 3.63) is 39.1 Å². The van der Waals surface area contributed by atoms with Crippen LogP contribution in [0.4, 0.5) is 5.69 Å². The first-order chi connectivity index (χ1) is 8.90. The summed E-state index contributed by atoms with van der Waals surface area (Å²) >= 11 is 3.54. The Hall–Kier alpha value is -1.49. The average molecular weight is 324 g/mol. The standard InChI is InChI=1S/C14H18BrN3O/c1-8-6-13(9(2)5-11(8)16)19-7-12-14(15)10(3)17-18(12)4/h5-6H,7,16H2,1-4H3. The smallest absolute Gasteiger partial charge is 0.131 e. The number of anilines is 1. The lowest BCUT2D eigenvalue weighted by atomic mass is 10.1. The molecule has 0 aliphatic carbocycles. The molecule has 0 spiro atoms. The molecule has 0 atom stereocenters. The average Bonchev–Trinajstić information content (AvgIpc) is 2.57. The molecule has 1 aromatic heterocycles. The number of aryl methyl sites for hydroxylation is 4. The lowest BCUT2D eigenvalue weighted by Crippen LogP contribution is -2.05. The number of rotatable bonds is 3. The van der Waals surface area contributed by atoms with Crippen molar-refractivity contribution in [1.29, 1.82) is 0 Å². The molecule has 1 aromatic carbocycles. The predicted octanol–water partition coefficient (Wildman–Crippen LogP) is 3.27. The number of nitrogen functional groups attached to an aromatic ring is 1. The van der Waals surface area contributed by atoms with Gasteiger partial charge in [0.25, 0.3) is 0 Å². The lowest BCUT2D eigenvalue weighted by molar-refractivity contribution is 0.292. The fourth-order valence-electron chi connectivity index (χ4n) is 1.95. The number of nitrogens with two attached hydrogens (primary N) is 1. The first-order valence-electron chi connectivity index (χ1n) is 6.07. The van der Waals surface area contributed by atoms with E-state index in [1.807, 2.05) is 44.6 Å². The summed E-state index contributed by atoms with van der Waals surface area (Å²) in [5.74, 6) is 0.859. The van der Waals surface area contributed by atoms with E-state index >= 15 is 0 Å². The van der Waals surface area contributed by atoms with Gasteiger partial charge in [0.1, 0.15) is 12.4 Å². The zero-order chi connectivity index (χ0) is 14.2. The normalized spacial score (nSPS) is 10.8. The van der Waals surface area contributed by atoms with Gasteiger partial charge in [0, 0.05) is 12.7 Å². The molecule has 0 bridgehead atoms. The molecule has 0 saturated heterocycles. The van der Waals surface area contributed by atoms with Crippen LogP contribution in [0.25, 0.3) is 0 Å². The number of aromatic nitrogens is 2. The number of hydrogen-bond donors (Lipinski definition) is 1. The maximum Gasteiger partial charge on any atom is 0.131 e. The Bertz CT molecular complexity index is 620. The molecular weight excluding hydrogens is 306 g/mol. The molecular formula is C14H18BrN3O. The van der Waals surface area contributed by atoms with Gasteiger partial charge >= 0.3 is 0 Å². The summed E-state index contributed by atoms with van der Waals surface area (Å²) < 4.78 is 8.72. The van der Waals surface area contributed by atoms with Gasteiger partial charge in [-0.1, -0.05) is 0 Å². The molecule has 0 amide bonds. The van der Waals surface area contributed by atoms with E-state index in [-0.39, 0.29) is 0 Å². The maximum absolute atomic E-state index is 5.89. The van der Waals surface area contributed by atoms with E-state index in [9.17, 15) is 0 Å². The summed E-state index contributed by atoms with van der Waals surface area (Å²) in [6.45, 7) is 6.41. The summed E-state index contributed by atoms with van der Waals surface area (Å²) in [6.07, 6.45) is 0. The minimum absolute atomic E-state index is 0.474. The van der Waals surface area contributed by atoms with Crippen LogP contribution in [0.2, 0.25) is 0 Å². The zero-order valence-corrected chi connectivity index (χ0v) is 13.2. The SMILES string of the molecule is Cc1cc(OCc2c(Br)c(C)nn2C)c(C)cc1N. The minimum atomic E-state index is 0.474. The third-order valence-corrected chi connectivity index (χ3v) is 4.22. The quantitative estimate of drug-likeness (QED) is 0.882. The Kier molecular flexibility index (Phi) is 3.85. The van der Waals surface area contributed by atoms with Crippen LogP contribution in [0.3, 0.4) is 0 Å². The fourth-order valence-corrected chi connectivity index (χ4v) is 2.40. The van der Waals surface area contributed by atoms with Gasteiger partial charge in [-0.25, -0.2) is 0 Å². The van der Waals surface area contributed by atoms with Crippen LogP contribution < -0.4 is 10.5 Å². The van der Waals surface area contributed by atoms with Crippen LogP contribution in [0.1, 0.15) is 22.5 Å². The molecule has 2 aromatic rings. The van der Waals surface area contributed by atoms with Gasteiger partial charge in [-0.3, -0.25) is 4.68 Å². The first kappa shape index (κ1) is 13.9. The molecule has 0 aliphatic heterocycles. The molecule has 5 heteroatoms. The summed E-state index contributed by atoms with van der Waals surface area (Å²) in [7, 11) is 1.91. The van der Waals surface area contributed by atoms with Crippen molar-refractivity contribution in [3.63, 3.8) is 0 Å².